The van der Waals surface area contributed by atoms with Gasteiger partial charge in [0.25, 0.3) is 5.91 Å². The second-order valence-corrected chi connectivity index (χ2v) is 7.25. The second kappa shape index (κ2) is 10.4. The second-order valence-electron chi connectivity index (χ2n) is 6.84. The first kappa shape index (κ1) is 21.3. The molecule has 3 rings (SSSR count). The third kappa shape index (κ3) is 6.32. The van der Waals surface area contributed by atoms with Crippen LogP contribution in [0.3, 0.4) is 0 Å². The van der Waals surface area contributed by atoms with E-state index in [2.05, 4.69) is 22.9 Å². The Bertz CT molecular complexity index is 991. The molecule has 154 valence electrons. The van der Waals surface area contributed by atoms with Gasteiger partial charge in [-0.05, 0) is 80.2 Å². The van der Waals surface area contributed by atoms with Crippen molar-refractivity contribution < 1.29 is 9.53 Å². The number of rotatable bonds is 7. The molecule has 0 bridgehead atoms. The predicted molar refractivity (Wildman–Crippen MR) is 127 cm³/mol. The molecule has 1 unspecified atom stereocenters. The summed E-state index contributed by atoms with van der Waals surface area (Å²) in [6.45, 7) is 4.04. The number of nitrogens with one attached hydrogen (secondary N) is 3. The molecule has 6 heteroatoms. The van der Waals surface area contributed by atoms with Crippen molar-refractivity contribution in [1.29, 1.82) is 0 Å². The predicted octanol–water partition coefficient (Wildman–Crippen LogP) is 5.73. The monoisotopic (exact) mass is 419 g/mol. The standard InChI is InChI=1S/C24H25N3O2S/c1-3-17(2)29-22-11-7-8-18(16-22)23(28)27-24(30)26-21-14-12-20(13-15-21)25-19-9-5-4-6-10-19/h4-17,25H,3H2,1-2H3,(H2,26,27,28,30). The molecule has 1 atom stereocenters. The van der Waals surface area contributed by atoms with Gasteiger partial charge in [0.15, 0.2) is 5.11 Å². The summed E-state index contributed by atoms with van der Waals surface area (Å²) in [6, 6.07) is 24.7. The summed E-state index contributed by atoms with van der Waals surface area (Å²) in [5.74, 6) is 0.377. The maximum absolute atomic E-state index is 12.5. The minimum atomic E-state index is -0.288. The average Bonchev–Trinajstić information content (AvgIpc) is 2.76. The fourth-order valence-electron chi connectivity index (χ4n) is 2.69. The number of amides is 1. The van der Waals surface area contributed by atoms with E-state index in [1.807, 2.05) is 67.6 Å². The molecular formula is C24H25N3O2S. The lowest BCUT2D eigenvalue weighted by atomic mass is 10.2. The Morgan fingerprint density at radius 1 is 0.933 bits per heavy atom. The maximum atomic E-state index is 12.5. The first-order chi connectivity index (χ1) is 14.5. The molecule has 0 saturated heterocycles. The Balaban J connectivity index is 1.55. The topological polar surface area (TPSA) is 62.4 Å². The van der Waals surface area contributed by atoms with E-state index in [4.69, 9.17) is 17.0 Å². The van der Waals surface area contributed by atoms with Crippen molar-refractivity contribution in [2.75, 3.05) is 10.6 Å². The van der Waals surface area contributed by atoms with Gasteiger partial charge in [0.2, 0.25) is 0 Å². The zero-order valence-electron chi connectivity index (χ0n) is 17.0. The summed E-state index contributed by atoms with van der Waals surface area (Å²) in [7, 11) is 0. The largest absolute Gasteiger partial charge is 0.491 e. The van der Waals surface area contributed by atoms with Crippen molar-refractivity contribution in [1.82, 2.24) is 5.32 Å². The van der Waals surface area contributed by atoms with Crippen LogP contribution in [0.15, 0.2) is 78.9 Å². The Kier molecular flexibility index (Phi) is 7.40. The number of benzene rings is 3. The van der Waals surface area contributed by atoms with Crippen LogP contribution >= 0.6 is 12.2 Å². The molecule has 0 saturated carbocycles. The zero-order chi connectivity index (χ0) is 21.3. The molecule has 3 N–H and O–H groups in total. The third-order valence-corrected chi connectivity index (χ3v) is 4.64. The summed E-state index contributed by atoms with van der Waals surface area (Å²) in [5, 5.41) is 9.29. The van der Waals surface area contributed by atoms with Crippen molar-refractivity contribution in [3.8, 4) is 5.75 Å². The zero-order valence-corrected chi connectivity index (χ0v) is 17.8. The van der Waals surface area contributed by atoms with Crippen molar-refractivity contribution in [2.24, 2.45) is 0 Å². The van der Waals surface area contributed by atoms with Crippen molar-refractivity contribution in [3.63, 3.8) is 0 Å². The summed E-state index contributed by atoms with van der Waals surface area (Å²) >= 11 is 5.28. The van der Waals surface area contributed by atoms with Crippen LogP contribution in [0.5, 0.6) is 5.75 Å². The van der Waals surface area contributed by atoms with Crippen LogP contribution in [0, 0.1) is 0 Å². The van der Waals surface area contributed by atoms with E-state index >= 15 is 0 Å². The third-order valence-electron chi connectivity index (χ3n) is 4.44. The number of para-hydroxylation sites is 1. The molecule has 0 heterocycles. The minimum absolute atomic E-state index is 0.0883. The van der Waals surface area contributed by atoms with Crippen LogP contribution in [-0.2, 0) is 0 Å². The quantitative estimate of drug-likeness (QED) is 0.427. The maximum Gasteiger partial charge on any atom is 0.257 e. The highest BCUT2D eigenvalue weighted by molar-refractivity contribution is 7.80. The highest BCUT2D eigenvalue weighted by Gasteiger charge is 2.10. The fourth-order valence-corrected chi connectivity index (χ4v) is 2.90. The molecule has 3 aromatic carbocycles. The van der Waals surface area contributed by atoms with Crippen LogP contribution < -0.4 is 20.7 Å². The lowest BCUT2D eigenvalue weighted by molar-refractivity contribution is 0.0977. The molecule has 0 fully saturated rings. The fraction of sp³-hybridized carbons (Fsp3) is 0.167. The highest BCUT2D eigenvalue weighted by atomic mass is 32.1. The van der Waals surface area contributed by atoms with Gasteiger partial charge in [-0.1, -0.05) is 31.2 Å². The van der Waals surface area contributed by atoms with Gasteiger partial charge in [-0.3, -0.25) is 10.1 Å². The number of carbonyl (C=O) groups is 1. The molecule has 0 aliphatic heterocycles. The Morgan fingerprint density at radius 3 is 2.30 bits per heavy atom. The lowest BCUT2D eigenvalue weighted by Crippen LogP contribution is -2.34. The Morgan fingerprint density at radius 2 is 1.60 bits per heavy atom. The summed E-state index contributed by atoms with van der Waals surface area (Å²) in [4.78, 5) is 12.5. The molecule has 0 aliphatic carbocycles. The van der Waals surface area contributed by atoms with Crippen LogP contribution in [0.1, 0.15) is 30.6 Å². The van der Waals surface area contributed by atoms with Crippen LogP contribution in [0.25, 0.3) is 0 Å². The molecule has 0 aliphatic rings. The molecule has 30 heavy (non-hydrogen) atoms. The van der Waals surface area contributed by atoms with Crippen LogP contribution in [0.4, 0.5) is 17.1 Å². The molecule has 0 spiro atoms. The highest BCUT2D eigenvalue weighted by Crippen LogP contribution is 2.19. The molecular weight excluding hydrogens is 394 g/mol. The number of hydrogen-bond acceptors (Lipinski definition) is 4. The molecule has 1 amide bonds. The lowest BCUT2D eigenvalue weighted by Gasteiger charge is -2.14. The number of carbonyl (C=O) groups excluding carboxylic acids is 1. The van der Waals surface area contributed by atoms with E-state index < -0.39 is 0 Å². The number of thiocarbonyl (C=S) groups is 1. The molecule has 0 radical (unpaired) electrons. The molecule has 5 nitrogen and oxygen atoms in total. The van der Waals surface area contributed by atoms with Crippen molar-refractivity contribution in [3.05, 3.63) is 84.4 Å². The first-order valence-electron chi connectivity index (χ1n) is 9.84. The normalized spacial score (nSPS) is 11.3. The van der Waals surface area contributed by atoms with Gasteiger partial charge in [-0.25, -0.2) is 0 Å². The number of ether oxygens (including phenoxy) is 1. The van der Waals surface area contributed by atoms with Gasteiger partial charge >= 0.3 is 0 Å². The van der Waals surface area contributed by atoms with Gasteiger partial charge < -0.3 is 15.4 Å². The summed E-state index contributed by atoms with van der Waals surface area (Å²) in [5.41, 5.74) is 3.25. The SMILES string of the molecule is CCC(C)Oc1cccc(C(=O)NC(=S)Nc2ccc(Nc3ccccc3)cc2)c1. The number of hydrogen-bond donors (Lipinski definition) is 3. The molecule has 0 aromatic heterocycles. The van der Waals surface area contributed by atoms with Gasteiger partial charge in [0.1, 0.15) is 5.75 Å². The average molecular weight is 420 g/mol. The Labute approximate surface area is 182 Å². The summed E-state index contributed by atoms with van der Waals surface area (Å²) < 4.78 is 5.77. The van der Waals surface area contributed by atoms with E-state index in [0.29, 0.717) is 11.3 Å². The van der Waals surface area contributed by atoms with E-state index in [9.17, 15) is 4.79 Å². The van der Waals surface area contributed by atoms with Gasteiger partial charge in [-0.2, -0.15) is 0 Å². The summed E-state index contributed by atoms with van der Waals surface area (Å²) in [6.07, 6.45) is 0.981. The smallest absolute Gasteiger partial charge is 0.257 e. The van der Waals surface area contributed by atoms with Crippen LogP contribution in [0.2, 0.25) is 0 Å². The van der Waals surface area contributed by atoms with Crippen molar-refractivity contribution >= 4 is 40.3 Å². The van der Waals surface area contributed by atoms with Gasteiger partial charge in [-0.15, -0.1) is 0 Å². The van der Waals surface area contributed by atoms with Crippen LogP contribution in [-0.4, -0.2) is 17.1 Å². The van der Waals surface area contributed by atoms with Crippen molar-refractivity contribution in [2.45, 2.75) is 26.4 Å². The first-order valence-corrected chi connectivity index (χ1v) is 10.3. The van der Waals surface area contributed by atoms with E-state index in [-0.39, 0.29) is 17.1 Å². The Hall–Kier alpha value is -3.38. The molecule has 3 aromatic rings. The van der Waals surface area contributed by atoms with E-state index in [1.165, 1.54) is 0 Å². The minimum Gasteiger partial charge on any atom is -0.491 e. The van der Waals surface area contributed by atoms with E-state index in [1.54, 1.807) is 18.2 Å². The van der Waals surface area contributed by atoms with Gasteiger partial charge in [0.05, 0.1) is 6.10 Å². The van der Waals surface area contributed by atoms with Gasteiger partial charge in [0, 0.05) is 22.6 Å². The number of anilines is 3. The van der Waals surface area contributed by atoms with E-state index in [0.717, 1.165) is 23.5 Å².